The highest BCUT2D eigenvalue weighted by molar-refractivity contribution is 7.13. The Balaban J connectivity index is 1.61. The van der Waals surface area contributed by atoms with E-state index >= 15 is 0 Å². The van der Waals surface area contributed by atoms with Gasteiger partial charge < -0.3 is 14.5 Å². The highest BCUT2D eigenvalue weighted by Crippen LogP contribution is 2.26. The Morgan fingerprint density at radius 2 is 2.45 bits per heavy atom. The largest absolute Gasteiger partial charge is 0.440 e. The first-order chi connectivity index (χ1) is 10.6. The third kappa shape index (κ3) is 3.39. The van der Waals surface area contributed by atoms with Crippen LogP contribution >= 0.6 is 11.3 Å². The van der Waals surface area contributed by atoms with E-state index in [9.17, 15) is 4.79 Å². The van der Waals surface area contributed by atoms with Gasteiger partial charge in [-0.2, -0.15) is 0 Å². The maximum Gasteiger partial charge on any atom is 0.236 e. The molecule has 6 heteroatoms. The van der Waals surface area contributed by atoms with Crippen molar-refractivity contribution in [3.05, 3.63) is 29.0 Å². The molecule has 0 unspecified atom stereocenters. The van der Waals surface area contributed by atoms with Crippen molar-refractivity contribution in [3.63, 3.8) is 0 Å². The molecule has 22 heavy (non-hydrogen) atoms. The number of amides is 1. The van der Waals surface area contributed by atoms with Gasteiger partial charge in [-0.05, 0) is 38.1 Å². The molecule has 1 N–H and O–H groups in total. The first-order valence-corrected chi connectivity index (χ1v) is 8.42. The average molecular weight is 320 g/mol. The molecule has 1 fully saturated rings. The zero-order valence-corrected chi connectivity index (χ0v) is 13.6. The van der Waals surface area contributed by atoms with Crippen LogP contribution in [-0.2, 0) is 16.0 Å². The Kier molecular flexibility index (Phi) is 4.59. The van der Waals surface area contributed by atoms with Crippen molar-refractivity contribution in [3.8, 4) is 10.8 Å². The molecule has 0 aromatic carbocycles. The quantitative estimate of drug-likeness (QED) is 0.920. The number of aryl methyl sites for hydroxylation is 1. The maximum atomic E-state index is 12.2. The lowest BCUT2D eigenvalue weighted by molar-refractivity contribution is -0.122. The minimum atomic E-state index is -0.0443. The van der Waals surface area contributed by atoms with Gasteiger partial charge in [0.25, 0.3) is 0 Å². The summed E-state index contributed by atoms with van der Waals surface area (Å²) in [5, 5.41) is 4.98. The molecule has 0 saturated carbocycles. The molecule has 0 bridgehead atoms. The molecule has 118 valence electrons. The summed E-state index contributed by atoms with van der Waals surface area (Å²) in [6.07, 6.45) is 2.44. The molecule has 0 spiro atoms. The third-order valence-electron chi connectivity index (χ3n) is 3.86. The van der Waals surface area contributed by atoms with E-state index in [1.165, 1.54) is 0 Å². The van der Waals surface area contributed by atoms with E-state index in [0.717, 1.165) is 24.3 Å². The summed E-state index contributed by atoms with van der Waals surface area (Å²) < 4.78 is 11.3. The molecule has 1 saturated heterocycles. The number of oxazole rings is 1. The second-order valence-corrected chi connectivity index (χ2v) is 6.53. The van der Waals surface area contributed by atoms with E-state index in [0.29, 0.717) is 17.3 Å². The third-order valence-corrected chi connectivity index (χ3v) is 4.72. The Morgan fingerprint density at radius 1 is 1.59 bits per heavy atom. The van der Waals surface area contributed by atoms with Crippen molar-refractivity contribution in [2.75, 3.05) is 6.61 Å². The topological polar surface area (TPSA) is 64.4 Å². The van der Waals surface area contributed by atoms with Gasteiger partial charge in [0.2, 0.25) is 11.8 Å². The van der Waals surface area contributed by atoms with Gasteiger partial charge in [0.15, 0.2) is 0 Å². The molecule has 2 aromatic heterocycles. The lowest BCUT2D eigenvalue weighted by Gasteiger charge is -2.19. The summed E-state index contributed by atoms with van der Waals surface area (Å²) in [4.78, 5) is 17.6. The minimum Gasteiger partial charge on any atom is -0.440 e. The van der Waals surface area contributed by atoms with Crippen molar-refractivity contribution >= 4 is 17.2 Å². The van der Waals surface area contributed by atoms with E-state index in [1.54, 1.807) is 11.3 Å². The summed E-state index contributed by atoms with van der Waals surface area (Å²) in [6, 6.07) is 3.94. The standard InChI is InChI=1S/C16H20N2O3S/c1-10(13-5-3-7-20-13)17-15(19)9-12-11(2)21-16(18-12)14-6-4-8-22-14/h4,6,8,10,13H,3,5,7,9H2,1-2H3,(H,17,19)/t10-,13-/m1/s1. The van der Waals surface area contributed by atoms with E-state index in [2.05, 4.69) is 10.3 Å². The number of nitrogens with zero attached hydrogens (tertiary/aromatic N) is 1. The van der Waals surface area contributed by atoms with Crippen LogP contribution in [0.2, 0.25) is 0 Å². The Morgan fingerprint density at radius 3 is 3.14 bits per heavy atom. The number of carbonyl (C=O) groups excluding carboxylic acids is 1. The van der Waals surface area contributed by atoms with Crippen LogP contribution in [0.15, 0.2) is 21.9 Å². The van der Waals surface area contributed by atoms with E-state index in [1.807, 2.05) is 31.4 Å². The predicted octanol–water partition coefficient (Wildman–Crippen LogP) is 2.94. The molecular weight excluding hydrogens is 300 g/mol. The SMILES string of the molecule is Cc1oc(-c2cccs2)nc1CC(=O)N[C@H](C)[C@H]1CCCO1. The zero-order chi connectivity index (χ0) is 15.5. The van der Waals surface area contributed by atoms with Gasteiger partial charge in [0.05, 0.1) is 29.1 Å². The highest BCUT2D eigenvalue weighted by Gasteiger charge is 2.24. The van der Waals surface area contributed by atoms with Gasteiger partial charge in [-0.25, -0.2) is 4.98 Å². The number of nitrogens with one attached hydrogen (secondary N) is 1. The number of thiophene rings is 1. The lowest BCUT2D eigenvalue weighted by atomic mass is 10.1. The second-order valence-electron chi connectivity index (χ2n) is 5.58. The van der Waals surface area contributed by atoms with Crippen LogP contribution in [0.4, 0.5) is 0 Å². The molecule has 2 atom stereocenters. The van der Waals surface area contributed by atoms with E-state index < -0.39 is 0 Å². The fourth-order valence-corrected chi connectivity index (χ4v) is 3.29. The molecular formula is C16H20N2O3S. The summed E-state index contributed by atoms with van der Waals surface area (Å²) in [7, 11) is 0. The first-order valence-electron chi connectivity index (χ1n) is 7.54. The van der Waals surface area contributed by atoms with E-state index in [-0.39, 0.29) is 24.5 Å². The normalized spacial score (nSPS) is 19.3. The van der Waals surface area contributed by atoms with Crippen molar-refractivity contribution in [2.24, 2.45) is 0 Å². The second kappa shape index (κ2) is 6.62. The van der Waals surface area contributed by atoms with Crippen LogP contribution in [0.5, 0.6) is 0 Å². The summed E-state index contributed by atoms with van der Waals surface area (Å²) in [5.41, 5.74) is 0.695. The molecule has 0 aliphatic carbocycles. The summed E-state index contributed by atoms with van der Waals surface area (Å²) in [6.45, 7) is 4.62. The van der Waals surface area contributed by atoms with Crippen molar-refractivity contribution in [2.45, 2.75) is 45.3 Å². The van der Waals surface area contributed by atoms with Gasteiger partial charge in [-0.1, -0.05) is 6.07 Å². The smallest absolute Gasteiger partial charge is 0.236 e. The van der Waals surface area contributed by atoms with Gasteiger partial charge >= 0.3 is 0 Å². The Hall–Kier alpha value is -1.66. The van der Waals surface area contributed by atoms with Crippen LogP contribution in [0.1, 0.15) is 31.2 Å². The number of hydrogen-bond donors (Lipinski definition) is 1. The molecule has 2 aromatic rings. The monoisotopic (exact) mass is 320 g/mol. The molecule has 1 aliphatic rings. The summed E-state index contributed by atoms with van der Waals surface area (Å²) in [5.74, 6) is 1.24. The zero-order valence-electron chi connectivity index (χ0n) is 12.8. The predicted molar refractivity (Wildman–Crippen MR) is 84.8 cm³/mol. The lowest BCUT2D eigenvalue weighted by Crippen LogP contribution is -2.41. The van der Waals surface area contributed by atoms with Crippen molar-refractivity contribution < 1.29 is 13.9 Å². The molecule has 3 heterocycles. The van der Waals surface area contributed by atoms with Crippen LogP contribution < -0.4 is 5.32 Å². The van der Waals surface area contributed by atoms with Gasteiger partial charge in [0, 0.05) is 6.61 Å². The fourth-order valence-electron chi connectivity index (χ4n) is 2.64. The van der Waals surface area contributed by atoms with Crippen molar-refractivity contribution in [1.29, 1.82) is 0 Å². The van der Waals surface area contributed by atoms with Crippen LogP contribution in [0.25, 0.3) is 10.8 Å². The molecule has 1 aliphatic heterocycles. The number of hydrogen-bond acceptors (Lipinski definition) is 5. The highest BCUT2D eigenvalue weighted by atomic mass is 32.1. The number of carbonyl (C=O) groups is 1. The Labute approximate surface area is 133 Å². The summed E-state index contributed by atoms with van der Waals surface area (Å²) >= 11 is 1.57. The van der Waals surface area contributed by atoms with E-state index in [4.69, 9.17) is 9.15 Å². The number of aromatic nitrogens is 1. The molecule has 0 radical (unpaired) electrons. The Bertz CT molecular complexity index is 630. The first kappa shape index (κ1) is 15.2. The van der Waals surface area contributed by atoms with Crippen LogP contribution in [0.3, 0.4) is 0 Å². The average Bonchev–Trinajstić information content (AvgIpc) is 3.19. The molecule has 5 nitrogen and oxygen atoms in total. The van der Waals surface area contributed by atoms with Crippen LogP contribution in [-0.4, -0.2) is 29.6 Å². The van der Waals surface area contributed by atoms with Crippen molar-refractivity contribution in [1.82, 2.24) is 10.3 Å². The number of rotatable bonds is 5. The van der Waals surface area contributed by atoms with Gasteiger partial charge in [0.1, 0.15) is 5.76 Å². The molecule has 3 rings (SSSR count). The maximum absolute atomic E-state index is 12.2. The minimum absolute atomic E-state index is 0.0268. The van der Waals surface area contributed by atoms with Gasteiger partial charge in [-0.3, -0.25) is 4.79 Å². The van der Waals surface area contributed by atoms with Gasteiger partial charge in [-0.15, -0.1) is 11.3 Å². The molecule has 1 amide bonds. The van der Waals surface area contributed by atoms with Crippen LogP contribution in [0, 0.1) is 6.92 Å². The fraction of sp³-hybridized carbons (Fsp3) is 0.500. The number of ether oxygens (including phenoxy) is 1.